The smallest absolute Gasteiger partial charge is 0.296 e. The molecule has 0 saturated heterocycles. The van der Waals surface area contributed by atoms with E-state index in [0.29, 0.717) is 26.1 Å². The summed E-state index contributed by atoms with van der Waals surface area (Å²) in [5, 5.41) is 15.6. The summed E-state index contributed by atoms with van der Waals surface area (Å²) in [5.41, 5.74) is -0.487. The molecule has 0 aliphatic carbocycles. The van der Waals surface area contributed by atoms with Gasteiger partial charge in [0.1, 0.15) is 9.90 Å². The number of carbonyl (C=O) groups excluding carboxylic acids is 1. The Hall–Kier alpha value is -2.70. The lowest BCUT2D eigenvalue weighted by Crippen LogP contribution is -2.34. The van der Waals surface area contributed by atoms with Gasteiger partial charge >= 0.3 is 0 Å². The molecule has 0 bridgehead atoms. The lowest BCUT2D eigenvalue weighted by Gasteiger charge is -2.17. The number of nitro benzene ring substituents is 1. The highest BCUT2D eigenvalue weighted by Gasteiger charge is 2.26. The number of nitrogens with one attached hydrogen (secondary N) is 1. The number of benzene rings is 1. The largest absolute Gasteiger partial charge is 0.490 e. The van der Waals surface area contributed by atoms with E-state index in [-0.39, 0.29) is 27.1 Å². The zero-order valence-corrected chi connectivity index (χ0v) is 19.1. The number of thiophene rings is 1. The van der Waals surface area contributed by atoms with E-state index in [4.69, 9.17) is 9.47 Å². The van der Waals surface area contributed by atoms with Crippen molar-refractivity contribution in [1.82, 2.24) is 4.31 Å². The summed E-state index contributed by atoms with van der Waals surface area (Å²) in [5.74, 6) is -0.262. The minimum Gasteiger partial charge on any atom is -0.490 e. The van der Waals surface area contributed by atoms with Gasteiger partial charge in [-0.15, -0.1) is 11.3 Å². The molecule has 1 aromatic heterocycles. The van der Waals surface area contributed by atoms with E-state index in [1.807, 2.05) is 13.8 Å². The molecular formula is C19H25N3O7S2. The van der Waals surface area contributed by atoms with Crippen molar-refractivity contribution in [2.45, 2.75) is 30.9 Å². The summed E-state index contributed by atoms with van der Waals surface area (Å²) in [4.78, 5) is 23.4. The third-order valence-corrected chi connectivity index (χ3v) is 7.16. The molecule has 0 unspecified atom stereocenters. The molecule has 0 fully saturated rings. The topological polar surface area (TPSA) is 128 Å². The van der Waals surface area contributed by atoms with E-state index in [2.05, 4.69) is 5.32 Å². The van der Waals surface area contributed by atoms with Gasteiger partial charge in [-0.2, -0.15) is 4.31 Å². The third-order valence-electron chi connectivity index (χ3n) is 3.98. The fourth-order valence-corrected chi connectivity index (χ4v) is 4.82. The second kappa shape index (κ2) is 11.1. The van der Waals surface area contributed by atoms with Crippen LogP contribution in [0.4, 0.5) is 11.4 Å². The third kappa shape index (κ3) is 6.39. The van der Waals surface area contributed by atoms with E-state index < -0.39 is 27.4 Å². The first-order chi connectivity index (χ1) is 14.7. The van der Waals surface area contributed by atoms with Gasteiger partial charge in [0.2, 0.25) is 5.91 Å². The summed E-state index contributed by atoms with van der Waals surface area (Å²) in [7, 11) is -2.57. The highest BCUT2D eigenvalue weighted by Crippen LogP contribution is 2.38. The van der Waals surface area contributed by atoms with Crippen molar-refractivity contribution in [3.05, 3.63) is 39.8 Å². The molecule has 2 rings (SSSR count). The van der Waals surface area contributed by atoms with E-state index in [0.717, 1.165) is 15.6 Å². The molecule has 12 heteroatoms. The van der Waals surface area contributed by atoms with Crippen molar-refractivity contribution in [2.24, 2.45) is 0 Å². The van der Waals surface area contributed by atoms with Crippen LogP contribution in [0.15, 0.2) is 33.9 Å². The Bertz CT molecular complexity index is 1010. The molecule has 1 aromatic carbocycles. The predicted molar refractivity (Wildman–Crippen MR) is 117 cm³/mol. The number of anilines is 1. The molecule has 0 radical (unpaired) electrons. The SMILES string of the molecule is CCCOc1cc(NC(=O)CN(C)S(=O)(=O)c2cccs2)c([N+](=O)[O-])cc1OCCC. The Morgan fingerprint density at radius 3 is 2.32 bits per heavy atom. The number of hydrogen-bond donors (Lipinski definition) is 1. The number of nitrogens with zero attached hydrogens (tertiary/aromatic N) is 2. The number of sulfonamides is 1. The van der Waals surface area contributed by atoms with Crippen LogP contribution in [0.25, 0.3) is 0 Å². The van der Waals surface area contributed by atoms with Crippen LogP contribution in [-0.4, -0.2) is 50.4 Å². The number of carbonyl (C=O) groups is 1. The predicted octanol–water partition coefficient (Wildman–Crippen LogP) is 3.49. The van der Waals surface area contributed by atoms with Crippen molar-refractivity contribution in [1.29, 1.82) is 0 Å². The van der Waals surface area contributed by atoms with Gasteiger partial charge in [-0.25, -0.2) is 8.42 Å². The van der Waals surface area contributed by atoms with Gasteiger partial charge in [-0.05, 0) is 24.3 Å². The first-order valence-electron chi connectivity index (χ1n) is 9.58. The van der Waals surface area contributed by atoms with Gasteiger partial charge in [0.15, 0.2) is 11.5 Å². The van der Waals surface area contributed by atoms with Crippen LogP contribution in [0.2, 0.25) is 0 Å². The van der Waals surface area contributed by atoms with Gasteiger partial charge in [-0.1, -0.05) is 19.9 Å². The zero-order valence-electron chi connectivity index (χ0n) is 17.5. The van der Waals surface area contributed by atoms with Gasteiger partial charge in [0.25, 0.3) is 15.7 Å². The molecule has 170 valence electrons. The minimum atomic E-state index is -3.83. The van der Waals surface area contributed by atoms with Crippen LogP contribution in [0.1, 0.15) is 26.7 Å². The first-order valence-corrected chi connectivity index (χ1v) is 11.9. The van der Waals surface area contributed by atoms with Gasteiger partial charge in [0, 0.05) is 13.1 Å². The van der Waals surface area contributed by atoms with Crippen LogP contribution in [0.5, 0.6) is 11.5 Å². The molecular weight excluding hydrogens is 446 g/mol. The summed E-state index contributed by atoms with van der Waals surface area (Å²) >= 11 is 1.03. The van der Waals surface area contributed by atoms with Crippen molar-refractivity contribution >= 4 is 38.6 Å². The van der Waals surface area contributed by atoms with Crippen molar-refractivity contribution in [2.75, 3.05) is 32.1 Å². The molecule has 0 spiro atoms. The second-order valence-corrected chi connectivity index (χ2v) is 9.73. The second-order valence-electron chi connectivity index (χ2n) is 6.51. The van der Waals surface area contributed by atoms with Gasteiger partial charge in [0.05, 0.1) is 30.7 Å². The normalized spacial score (nSPS) is 11.4. The fraction of sp³-hybridized carbons (Fsp3) is 0.421. The molecule has 0 saturated carbocycles. The van der Waals surface area contributed by atoms with E-state index >= 15 is 0 Å². The number of amides is 1. The summed E-state index contributed by atoms with van der Waals surface area (Å²) in [6, 6.07) is 5.55. The zero-order chi connectivity index (χ0) is 23.0. The molecule has 10 nitrogen and oxygen atoms in total. The van der Waals surface area contributed by atoms with E-state index in [9.17, 15) is 23.3 Å². The highest BCUT2D eigenvalue weighted by atomic mass is 32.2. The average molecular weight is 472 g/mol. The van der Waals surface area contributed by atoms with Gasteiger partial charge < -0.3 is 14.8 Å². The number of nitro groups is 1. The Balaban J connectivity index is 2.27. The summed E-state index contributed by atoms with van der Waals surface area (Å²) in [6.07, 6.45) is 1.40. The highest BCUT2D eigenvalue weighted by molar-refractivity contribution is 7.91. The van der Waals surface area contributed by atoms with Crippen LogP contribution in [-0.2, 0) is 14.8 Å². The maximum absolute atomic E-state index is 12.5. The lowest BCUT2D eigenvalue weighted by atomic mass is 10.2. The molecule has 1 N–H and O–H groups in total. The molecule has 0 aliphatic rings. The monoisotopic (exact) mass is 471 g/mol. The number of likely N-dealkylation sites (N-methyl/N-ethyl adjacent to an activating group) is 1. The van der Waals surface area contributed by atoms with E-state index in [1.165, 1.54) is 25.2 Å². The van der Waals surface area contributed by atoms with Crippen LogP contribution >= 0.6 is 11.3 Å². The van der Waals surface area contributed by atoms with Crippen LogP contribution in [0, 0.1) is 10.1 Å². The number of hydrogen-bond acceptors (Lipinski definition) is 8. The molecule has 1 heterocycles. The van der Waals surface area contributed by atoms with Crippen molar-refractivity contribution in [3.63, 3.8) is 0 Å². The Morgan fingerprint density at radius 1 is 1.19 bits per heavy atom. The maximum Gasteiger partial charge on any atom is 0.296 e. The van der Waals surface area contributed by atoms with Crippen LogP contribution < -0.4 is 14.8 Å². The minimum absolute atomic E-state index is 0.0986. The van der Waals surface area contributed by atoms with Crippen LogP contribution in [0.3, 0.4) is 0 Å². The van der Waals surface area contributed by atoms with Gasteiger partial charge in [-0.3, -0.25) is 14.9 Å². The van der Waals surface area contributed by atoms with Crippen molar-refractivity contribution in [3.8, 4) is 11.5 Å². The Kier molecular flexibility index (Phi) is 8.77. The number of rotatable bonds is 12. The average Bonchev–Trinajstić information content (AvgIpc) is 3.26. The lowest BCUT2D eigenvalue weighted by molar-refractivity contribution is -0.384. The quantitative estimate of drug-likeness (QED) is 0.371. The molecule has 0 atom stereocenters. The molecule has 0 aliphatic heterocycles. The maximum atomic E-state index is 12.5. The van der Waals surface area contributed by atoms with E-state index in [1.54, 1.807) is 11.4 Å². The fourth-order valence-electron chi connectivity index (χ4n) is 2.49. The molecule has 31 heavy (non-hydrogen) atoms. The Labute approximate surface area is 185 Å². The molecule has 1 amide bonds. The summed E-state index contributed by atoms with van der Waals surface area (Å²) < 4.78 is 37.1. The Morgan fingerprint density at radius 2 is 1.81 bits per heavy atom. The standard InChI is InChI=1S/C19H25N3O7S2/c1-4-8-28-16-11-14(15(22(24)25)12-17(16)29-9-5-2)20-18(23)13-21(3)31(26,27)19-7-6-10-30-19/h6-7,10-12H,4-5,8-9,13H2,1-3H3,(H,20,23). The molecule has 2 aromatic rings. The van der Waals surface area contributed by atoms with Crippen molar-refractivity contribution < 1.29 is 27.6 Å². The summed E-state index contributed by atoms with van der Waals surface area (Å²) in [6.45, 7) is 3.99. The number of ether oxygens (including phenoxy) is 2. The first kappa shape index (κ1) is 24.6.